The fraction of sp³-hybridized carbons (Fsp3) is 0.455. The molecule has 4 rings (SSSR count). The number of nitrogens with one attached hydrogen (secondary N) is 1. The van der Waals surface area contributed by atoms with Crippen LogP contribution in [0.3, 0.4) is 0 Å². The third-order valence-corrected chi connectivity index (χ3v) is 7.93. The van der Waals surface area contributed by atoms with Crippen molar-refractivity contribution in [3.05, 3.63) is 48.2 Å². The highest BCUT2D eigenvalue weighted by atomic mass is 32.2. The SMILES string of the molecule is C[C@@H]1CCCCN1S(=O)(=O)c1ccc(C(=O)Nc2ccc(N3CCCC3)nc2)cc1. The molecule has 1 aromatic heterocycles. The van der Waals surface area contributed by atoms with Crippen molar-refractivity contribution >= 4 is 27.4 Å². The maximum atomic E-state index is 12.9. The predicted octanol–water partition coefficient (Wildman–Crippen LogP) is 3.50. The smallest absolute Gasteiger partial charge is 0.255 e. The molecule has 0 saturated carbocycles. The molecule has 0 spiro atoms. The quantitative estimate of drug-likeness (QED) is 0.788. The Balaban J connectivity index is 1.42. The highest BCUT2D eigenvalue weighted by molar-refractivity contribution is 7.89. The first-order chi connectivity index (χ1) is 14.4. The minimum absolute atomic E-state index is 0.00255. The van der Waals surface area contributed by atoms with E-state index < -0.39 is 10.0 Å². The Bertz CT molecular complexity index is 984. The topological polar surface area (TPSA) is 82.6 Å². The molecule has 0 radical (unpaired) electrons. The minimum Gasteiger partial charge on any atom is -0.357 e. The second-order valence-electron chi connectivity index (χ2n) is 8.04. The standard InChI is InChI=1S/C22H28N4O3S/c1-17-6-2-3-15-26(17)30(28,29)20-10-7-18(8-11-20)22(27)24-19-9-12-21(23-16-19)25-13-4-5-14-25/h7-12,16-17H,2-6,13-15H2,1H3,(H,24,27)/t17-/m1/s1. The number of hydrogen-bond acceptors (Lipinski definition) is 5. The summed E-state index contributed by atoms with van der Waals surface area (Å²) in [5, 5.41) is 2.82. The number of rotatable bonds is 5. The lowest BCUT2D eigenvalue weighted by Gasteiger charge is -2.32. The summed E-state index contributed by atoms with van der Waals surface area (Å²) >= 11 is 0. The first-order valence-electron chi connectivity index (χ1n) is 10.6. The molecule has 3 heterocycles. The molecule has 1 aromatic carbocycles. The molecule has 2 aliphatic rings. The molecule has 2 saturated heterocycles. The largest absolute Gasteiger partial charge is 0.357 e. The van der Waals surface area contributed by atoms with Gasteiger partial charge in [0.2, 0.25) is 10.0 Å². The lowest BCUT2D eigenvalue weighted by atomic mass is 10.1. The molecule has 1 atom stereocenters. The summed E-state index contributed by atoms with van der Waals surface area (Å²) in [7, 11) is -3.54. The summed E-state index contributed by atoms with van der Waals surface area (Å²) in [5.41, 5.74) is 1.02. The van der Waals surface area contributed by atoms with E-state index in [4.69, 9.17) is 0 Å². The molecule has 0 aliphatic carbocycles. The van der Waals surface area contributed by atoms with Crippen molar-refractivity contribution in [2.24, 2.45) is 0 Å². The van der Waals surface area contributed by atoms with Gasteiger partial charge in [0.25, 0.3) is 5.91 Å². The third kappa shape index (κ3) is 4.34. The lowest BCUT2D eigenvalue weighted by molar-refractivity contribution is 0.102. The van der Waals surface area contributed by atoms with Gasteiger partial charge in [0.1, 0.15) is 5.82 Å². The van der Waals surface area contributed by atoms with Gasteiger partial charge < -0.3 is 10.2 Å². The highest BCUT2D eigenvalue weighted by Gasteiger charge is 2.30. The van der Waals surface area contributed by atoms with Crippen molar-refractivity contribution in [2.45, 2.75) is 50.0 Å². The van der Waals surface area contributed by atoms with Gasteiger partial charge in [-0.25, -0.2) is 13.4 Å². The molecule has 2 aromatic rings. The van der Waals surface area contributed by atoms with Gasteiger partial charge >= 0.3 is 0 Å². The van der Waals surface area contributed by atoms with E-state index in [9.17, 15) is 13.2 Å². The zero-order chi connectivity index (χ0) is 21.1. The Morgan fingerprint density at radius 2 is 1.70 bits per heavy atom. The van der Waals surface area contributed by atoms with Crippen LogP contribution < -0.4 is 10.2 Å². The van der Waals surface area contributed by atoms with Crippen LogP contribution in [0.1, 0.15) is 49.4 Å². The van der Waals surface area contributed by atoms with Crippen LogP contribution >= 0.6 is 0 Å². The fourth-order valence-corrected chi connectivity index (χ4v) is 5.84. The van der Waals surface area contributed by atoms with Gasteiger partial charge in [0, 0.05) is 31.2 Å². The number of nitrogens with zero attached hydrogens (tertiary/aromatic N) is 3. The van der Waals surface area contributed by atoms with E-state index in [1.165, 1.54) is 25.0 Å². The van der Waals surface area contributed by atoms with Crippen LogP contribution in [-0.4, -0.2) is 49.3 Å². The molecular weight excluding hydrogens is 400 g/mol. The van der Waals surface area contributed by atoms with E-state index >= 15 is 0 Å². The van der Waals surface area contributed by atoms with Gasteiger partial charge in [-0.3, -0.25) is 4.79 Å². The predicted molar refractivity (Wildman–Crippen MR) is 117 cm³/mol. The van der Waals surface area contributed by atoms with Crippen LogP contribution in [-0.2, 0) is 10.0 Å². The molecule has 2 aliphatic heterocycles. The second-order valence-corrected chi connectivity index (χ2v) is 9.93. The molecule has 0 bridgehead atoms. The van der Waals surface area contributed by atoms with E-state index in [1.807, 2.05) is 19.1 Å². The number of aromatic nitrogens is 1. The second kappa shape index (κ2) is 8.73. The lowest BCUT2D eigenvalue weighted by Crippen LogP contribution is -2.41. The Morgan fingerprint density at radius 1 is 1.00 bits per heavy atom. The van der Waals surface area contributed by atoms with Gasteiger partial charge in [0.05, 0.1) is 16.8 Å². The molecule has 2 fully saturated rings. The maximum Gasteiger partial charge on any atom is 0.255 e. The van der Waals surface area contributed by atoms with E-state index in [-0.39, 0.29) is 16.8 Å². The van der Waals surface area contributed by atoms with Gasteiger partial charge in [-0.2, -0.15) is 4.31 Å². The fourth-order valence-electron chi connectivity index (χ4n) is 4.14. The average Bonchev–Trinajstić information content (AvgIpc) is 3.29. The first-order valence-corrected chi connectivity index (χ1v) is 12.0. The zero-order valence-electron chi connectivity index (χ0n) is 17.3. The summed E-state index contributed by atoms with van der Waals surface area (Å²) < 4.78 is 27.4. The van der Waals surface area contributed by atoms with Gasteiger partial charge in [-0.05, 0) is 69.0 Å². The summed E-state index contributed by atoms with van der Waals surface area (Å²) in [6, 6.07) is 9.90. The van der Waals surface area contributed by atoms with Crippen LogP contribution in [0.4, 0.5) is 11.5 Å². The van der Waals surface area contributed by atoms with E-state index in [1.54, 1.807) is 22.6 Å². The van der Waals surface area contributed by atoms with Crippen molar-refractivity contribution in [1.82, 2.24) is 9.29 Å². The highest BCUT2D eigenvalue weighted by Crippen LogP contribution is 2.25. The first kappa shape index (κ1) is 20.8. The number of pyridine rings is 1. The molecule has 30 heavy (non-hydrogen) atoms. The number of amides is 1. The summed E-state index contributed by atoms with van der Waals surface area (Å²) in [6.45, 7) is 4.53. The van der Waals surface area contributed by atoms with Gasteiger partial charge in [-0.1, -0.05) is 6.42 Å². The van der Waals surface area contributed by atoms with Crippen LogP contribution in [0.25, 0.3) is 0 Å². The maximum absolute atomic E-state index is 12.9. The van der Waals surface area contributed by atoms with Crippen LogP contribution in [0.2, 0.25) is 0 Å². The number of anilines is 2. The van der Waals surface area contributed by atoms with Crippen molar-refractivity contribution < 1.29 is 13.2 Å². The van der Waals surface area contributed by atoms with Gasteiger partial charge in [-0.15, -0.1) is 0 Å². The molecular formula is C22H28N4O3S. The number of benzene rings is 1. The Labute approximate surface area is 178 Å². The van der Waals surface area contributed by atoms with Crippen molar-refractivity contribution in [3.63, 3.8) is 0 Å². The summed E-state index contributed by atoms with van der Waals surface area (Å²) in [4.78, 5) is 19.5. The normalized spacial score (nSPS) is 20.3. The average molecular weight is 429 g/mol. The number of hydrogen-bond donors (Lipinski definition) is 1. The van der Waals surface area contributed by atoms with Crippen molar-refractivity contribution in [2.75, 3.05) is 29.9 Å². The Hall–Kier alpha value is -2.45. The molecule has 1 N–H and O–H groups in total. The Morgan fingerprint density at radius 3 is 2.33 bits per heavy atom. The summed E-state index contributed by atoms with van der Waals surface area (Å²) in [6.07, 6.45) is 6.84. The monoisotopic (exact) mass is 428 g/mol. The number of piperidine rings is 1. The summed E-state index contributed by atoms with van der Waals surface area (Å²) in [5.74, 6) is 0.632. The Kier molecular flexibility index (Phi) is 6.06. The zero-order valence-corrected chi connectivity index (χ0v) is 18.1. The van der Waals surface area contributed by atoms with Crippen LogP contribution in [0.15, 0.2) is 47.5 Å². The molecule has 0 unspecified atom stereocenters. The van der Waals surface area contributed by atoms with E-state index in [0.29, 0.717) is 17.8 Å². The molecule has 8 heteroatoms. The minimum atomic E-state index is -3.54. The van der Waals surface area contributed by atoms with Gasteiger partial charge in [0.15, 0.2) is 0 Å². The number of sulfonamides is 1. The number of carbonyl (C=O) groups is 1. The van der Waals surface area contributed by atoms with Crippen LogP contribution in [0, 0.1) is 0 Å². The third-order valence-electron chi connectivity index (χ3n) is 5.90. The van der Waals surface area contributed by atoms with Crippen molar-refractivity contribution in [3.8, 4) is 0 Å². The van der Waals surface area contributed by atoms with E-state index in [0.717, 1.165) is 38.2 Å². The van der Waals surface area contributed by atoms with Crippen molar-refractivity contribution in [1.29, 1.82) is 0 Å². The van der Waals surface area contributed by atoms with E-state index in [2.05, 4.69) is 15.2 Å². The number of carbonyl (C=O) groups excluding carboxylic acids is 1. The molecule has 7 nitrogen and oxygen atoms in total. The molecule has 1 amide bonds. The van der Waals surface area contributed by atoms with Crippen LogP contribution in [0.5, 0.6) is 0 Å². The molecule has 160 valence electrons.